The molecular formula is C14H12N2O. The standard InChI is InChI=1S/C14H12N2O/c17-10-13-12-8-4-5-9-14(12)16(15-13)11-6-2-1-3-7-11/h1-9,17H,10H2. The van der Waals surface area contributed by atoms with Crippen molar-refractivity contribution in [3.05, 3.63) is 60.3 Å². The SMILES string of the molecule is OCc1nn(-c2ccccc2)c2ccccc12. The van der Waals surface area contributed by atoms with Gasteiger partial charge in [0, 0.05) is 5.39 Å². The average Bonchev–Trinajstić information content (AvgIpc) is 2.78. The summed E-state index contributed by atoms with van der Waals surface area (Å²) in [6, 6.07) is 17.9. The van der Waals surface area contributed by atoms with E-state index in [1.165, 1.54) is 0 Å². The molecule has 1 aromatic heterocycles. The van der Waals surface area contributed by atoms with E-state index in [4.69, 9.17) is 0 Å². The predicted octanol–water partition coefficient (Wildman–Crippen LogP) is 2.52. The van der Waals surface area contributed by atoms with Gasteiger partial charge in [-0.2, -0.15) is 5.10 Å². The summed E-state index contributed by atoms with van der Waals surface area (Å²) in [5, 5.41) is 14.8. The van der Waals surface area contributed by atoms with Crippen LogP contribution < -0.4 is 0 Å². The Labute approximate surface area is 98.9 Å². The number of hydrogen-bond acceptors (Lipinski definition) is 2. The lowest BCUT2D eigenvalue weighted by Gasteiger charge is -2.01. The van der Waals surface area contributed by atoms with Crippen molar-refractivity contribution in [3.63, 3.8) is 0 Å². The van der Waals surface area contributed by atoms with Crippen molar-refractivity contribution in [2.24, 2.45) is 0 Å². The molecule has 2 aromatic carbocycles. The summed E-state index contributed by atoms with van der Waals surface area (Å²) in [5.74, 6) is 0. The third-order valence-electron chi connectivity index (χ3n) is 2.81. The number of aromatic nitrogens is 2. The summed E-state index contributed by atoms with van der Waals surface area (Å²) >= 11 is 0. The average molecular weight is 224 g/mol. The van der Waals surface area contributed by atoms with Gasteiger partial charge in [-0.05, 0) is 18.2 Å². The monoisotopic (exact) mass is 224 g/mol. The van der Waals surface area contributed by atoms with Crippen molar-refractivity contribution < 1.29 is 5.11 Å². The first kappa shape index (κ1) is 10.1. The highest BCUT2D eigenvalue weighted by Gasteiger charge is 2.09. The molecule has 0 aliphatic heterocycles. The van der Waals surface area contributed by atoms with E-state index in [9.17, 15) is 5.11 Å². The Morgan fingerprint density at radius 1 is 0.941 bits per heavy atom. The first-order chi connectivity index (χ1) is 8.40. The fourth-order valence-corrected chi connectivity index (χ4v) is 2.01. The summed E-state index contributed by atoms with van der Waals surface area (Å²) in [4.78, 5) is 0. The third kappa shape index (κ3) is 1.61. The van der Waals surface area contributed by atoms with E-state index < -0.39 is 0 Å². The van der Waals surface area contributed by atoms with Gasteiger partial charge in [-0.25, -0.2) is 4.68 Å². The number of fused-ring (bicyclic) bond motifs is 1. The van der Waals surface area contributed by atoms with E-state index in [2.05, 4.69) is 5.10 Å². The van der Waals surface area contributed by atoms with Gasteiger partial charge in [0.15, 0.2) is 0 Å². The van der Waals surface area contributed by atoms with E-state index in [0.29, 0.717) is 5.69 Å². The molecule has 3 nitrogen and oxygen atoms in total. The lowest BCUT2D eigenvalue weighted by Crippen LogP contribution is -1.96. The Balaban J connectivity index is 2.31. The Morgan fingerprint density at radius 3 is 2.41 bits per heavy atom. The van der Waals surface area contributed by atoms with Crippen molar-refractivity contribution >= 4 is 10.9 Å². The minimum absolute atomic E-state index is 0.0413. The molecule has 0 unspecified atom stereocenters. The molecule has 0 spiro atoms. The molecular weight excluding hydrogens is 212 g/mol. The highest BCUT2D eigenvalue weighted by molar-refractivity contribution is 5.83. The van der Waals surface area contributed by atoms with Crippen molar-refractivity contribution in [3.8, 4) is 5.69 Å². The number of para-hydroxylation sites is 2. The van der Waals surface area contributed by atoms with Gasteiger partial charge >= 0.3 is 0 Å². The van der Waals surface area contributed by atoms with Crippen LogP contribution in [0.15, 0.2) is 54.6 Å². The van der Waals surface area contributed by atoms with Crippen LogP contribution in [0.25, 0.3) is 16.6 Å². The molecule has 84 valence electrons. The number of aliphatic hydroxyl groups excluding tert-OH is 1. The first-order valence-electron chi connectivity index (χ1n) is 5.53. The van der Waals surface area contributed by atoms with Gasteiger partial charge < -0.3 is 5.11 Å². The van der Waals surface area contributed by atoms with Crippen molar-refractivity contribution in [1.82, 2.24) is 9.78 Å². The molecule has 0 saturated heterocycles. The number of aliphatic hydroxyl groups is 1. The molecule has 0 atom stereocenters. The van der Waals surface area contributed by atoms with Gasteiger partial charge in [-0.3, -0.25) is 0 Å². The molecule has 0 bridgehead atoms. The summed E-state index contributed by atoms with van der Waals surface area (Å²) < 4.78 is 1.86. The molecule has 3 heteroatoms. The van der Waals surface area contributed by atoms with Crippen molar-refractivity contribution in [2.45, 2.75) is 6.61 Å². The lowest BCUT2D eigenvalue weighted by molar-refractivity contribution is 0.277. The first-order valence-corrected chi connectivity index (χ1v) is 5.53. The Bertz CT molecular complexity index is 644. The normalized spacial score (nSPS) is 10.9. The fraction of sp³-hybridized carbons (Fsp3) is 0.0714. The fourth-order valence-electron chi connectivity index (χ4n) is 2.01. The Kier molecular flexibility index (Phi) is 2.38. The molecule has 0 fully saturated rings. The molecule has 0 aliphatic carbocycles. The van der Waals surface area contributed by atoms with E-state index in [0.717, 1.165) is 16.6 Å². The summed E-state index contributed by atoms with van der Waals surface area (Å²) in [7, 11) is 0. The largest absolute Gasteiger partial charge is 0.390 e. The molecule has 1 heterocycles. The van der Waals surface area contributed by atoms with Crippen LogP contribution in [0.4, 0.5) is 0 Å². The minimum Gasteiger partial charge on any atom is -0.390 e. The van der Waals surface area contributed by atoms with Crippen LogP contribution in [0.1, 0.15) is 5.69 Å². The number of nitrogens with zero attached hydrogens (tertiary/aromatic N) is 2. The zero-order valence-electron chi connectivity index (χ0n) is 9.24. The van der Waals surface area contributed by atoms with Crippen molar-refractivity contribution in [2.75, 3.05) is 0 Å². The third-order valence-corrected chi connectivity index (χ3v) is 2.81. The van der Waals surface area contributed by atoms with Gasteiger partial charge in [0.25, 0.3) is 0 Å². The molecule has 0 radical (unpaired) electrons. The molecule has 3 rings (SSSR count). The summed E-state index contributed by atoms with van der Waals surface area (Å²) in [5.41, 5.74) is 2.73. The smallest absolute Gasteiger partial charge is 0.0961 e. The van der Waals surface area contributed by atoms with E-state index in [-0.39, 0.29) is 6.61 Å². The van der Waals surface area contributed by atoms with Gasteiger partial charge in [0.1, 0.15) is 0 Å². The van der Waals surface area contributed by atoms with Gasteiger partial charge in [-0.1, -0.05) is 36.4 Å². The highest BCUT2D eigenvalue weighted by Crippen LogP contribution is 2.21. The van der Waals surface area contributed by atoms with E-state index >= 15 is 0 Å². The van der Waals surface area contributed by atoms with E-state index in [1.54, 1.807) is 0 Å². The van der Waals surface area contributed by atoms with E-state index in [1.807, 2.05) is 59.3 Å². The van der Waals surface area contributed by atoms with Crippen LogP contribution in [-0.2, 0) is 6.61 Å². The summed E-state index contributed by atoms with van der Waals surface area (Å²) in [6.45, 7) is -0.0413. The Hall–Kier alpha value is -2.13. The van der Waals surface area contributed by atoms with Crippen LogP contribution in [0.5, 0.6) is 0 Å². The highest BCUT2D eigenvalue weighted by atomic mass is 16.3. The molecule has 0 amide bonds. The topological polar surface area (TPSA) is 38.1 Å². The minimum atomic E-state index is -0.0413. The van der Waals surface area contributed by atoms with Gasteiger partial charge in [0.05, 0.1) is 23.5 Å². The zero-order chi connectivity index (χ0) is 11.7. The quantitative estimate of drug-likeness (QED) is 0.726. The molecule has 17 heavy (non-hydrogen) atoms. The van der Waals surface area contributed by atoms with Gasteiger partial charge in [-0.15, -0.1) is 0 Å². The van der Waals surface area contributed by atoms with Crippen LogP contribution in [0.2, 0.25) is 0 Å². The van der Waals surface area contributed by atoms with Crippen LogP contribution in [-0.4, -0.2) is 14.9 Å². The summed E-state index contributed by atoms with van der Waals surface area (Å²) in [6.07, 6.45) is 0. The van der Waals surface area contributed by atoms with Crippen LogP contribution in [0.3, 0.4) is 0 Å². The second-order valence-electron chi connectivity index (χ2n) is 3.87. The Morgan fingerprint density at radius 2 is 1.65 bits per heavy atom. The number of hydrogen-bond donors (Lipinski definition) is 1. The molecule has 1 N–H and O–H groups in total. The lowest BCUT2D eigenvalue weighted by atomic mass is 10.2. The molecule has 3 aromatic rings. The van der Waals surface area contributed by atoms with Crippen LogP contribution in [0, 0.1) is 0 Å². The second-order valence-corrected chi connectivity index (χ2v) is 3.87. The maximum Gasteiger partial charge on any atom is 0.0961 e. The molecule has 0 aliphatic rings. The van der Waals surface area contributed by atoms with Crippen LogP contribution >= 0.6 is 0 Å². The zero-order valence-corrected chi connectivity index (χ0v) is 9.24. The van der Waals surface area contributed by atoms with Crippen molar-refractivity contribution in [1.29, 1.82) is 0 Å². The molecule has 0 saturated carbocycles. The number of rotatable bonds is 2. The maximum atomic E-state index is 9.32. The predicted molar refractivity (Wildman–Crippen MR) is 67.0 cm³/mol. The maximum absolute atomic E-state index is 9.32. The number of benzene rings is 2. The van der Waals surface area contributed by atoms with Gasteiger partial charge in [0.2, 0.25) is 0 Å². The second kappa shape index (κ2) is 4.03.